The molecule has 0 aromatic heterocycles. The second-order valence-electron chi connectivity index (χ2n) is 7.31. The molecule has 0 aliphatic heterocycles. The van der Waals surface area contributed by atoms with Gasteiger partial charge in [0.25, 0.3) is 0 Å². The summed E-state index contributed by atoms with van der Waals surface area (Å²) >= 11 is 0. The first-order chi connectivity index (χ1) is 15.5. The van der Waals surface area contributed by atoms with E-state index in [2.05, 4.69) is 28.4 Å². The zero-order valence-corrected chi connectivity index (χ0v) is 19.1. The fourth-order valence-electron chi connectivity index (χ4n) is 3.13. The number of benzene rings is 3. The second kappa shape index (κ2) is 10.9. The topological polar surface area (TPSA) is 48.9 Å². The molecule has 0 fully saturated rings. The molecule has 164 valence electrons. The first-order valence-corrected chi connectivity index (χ1v) is 10.4. The van der Waals surface area contributed by atoms with E-state index >= 15 is 0 Å². The zero-order valence-electron chi connectivity index (χ0n) is 19.1. The van der Waals surface area contributed by atoms with Crippen LogP contribution < -0.4 is 20.4 Å². The number of hydrogen-bond acceptors (Lipinski definition) is 5. The first kappa shape index (κ1) is 22.7. The summed E-state index contributed by atoms with van der Waals surface area (Å²) in [6, 6.07) is 24.1. The van der Waals surface area contributed by atoms with Gasteiger partial charge in [-0.2, -0.15) is 5.10 Å². The van der Waals surface area contributed by atoms with Crippen LogP contribution >= 0.6 is 0 Å². The van der Waals surface area contributed by atoms with Crippen LogP contribution in [0.25, 0.3) is 6.08 Å². The van der Waals surface area contributed by atoms with Crippen molar-refractivity contribution < 1.29 is 4.74 Å². The van der Waals surface area contributed by atoms with Gasteiger partial charge in [0, 0.05) is 31.2 Å². The summed E-state index contributed by atoms with van der Waals surface area (Å²) in [5.74, 6) is 0.837. The predicted octanol–water partition coefficient (Wildman–Crippen LogP) is 6.56. The highest BCUT2D eigenvalue weighted by atomic mass is 16.5. The fraction of sp³-hybridized carbons (Fsp3) is 0.148. The smallest absolute Gasteiger partial charge is 0.119 e. The van der Waals surface area contributed by atoms with Gasteiger partial charge in [0.2, 0.25) is 0 Å². The number of methoxy groups -OCH3 is 1. The van der Waals surface area contributed by atoms with Crippen LogP contribution in [0, 0.1) is 0 Å². The van der Waals surface area contributed by atoms with Crippen molar-refractivity contribution in [3.8, 4) is 5.75 Å². The molecule has 32 heavy (non-hydrogen) atoms. The van der Waals surface area contributed by atoms with Crippen molar-refractivity contribution in [3.05, 3.63) is 96.6 Å². The average molecular weight is 427 g/mol. The van der Waals surface area contributed by atoms with Crippen molar-refractivity contribution in [1.82, 2.24) is 0 Å². The highest BCUT2D eigenvalue weighted by Gasteiger charge is 2.03. The Bertz CT molecular complexity index is 1100. The van der Waals surface area contributed by atoms with Crippen molar-refractivity contribution in [2.45, 2.75) is 6.92 Å². The van der Waals surface area contributed by atoms with E-state index in [-0.39, 0.29) is 0 Å². The largest absolute Gasteiger partial charge is 0.497 e. The normalized spacial score (nSPS) is 11.3. The lowest BCUT2D eigenvalue weighted by Crippen LogP contribution is -2.12. The van der Waals surface area contributed by atoms with E-state index in [1.54, 1.807) is 7.11 Å². The van der Waals surface area contributed by atoms with Gasteiger partial charge in [-0.15, -0.1) is 0 Å². The lowest BCUT2D eigenvalue weighted by Gasteiger charge is -2.16. The molecule has 0 aliphatic rings. The Kier molecular flexibility index (Phi) is 7.70. The number of allylic oxidation sites excluding steroid dienone is 2. The Morgan fingerprint density at radius 1 is 0.969 bits per heavy atom. The predicted molar refractivity (Wildman–Crippen MR) is 138 cm³/mol. The highest BCUT2D eigenvalue weighted by molar-refractivity contribution is 6.01. The lowest BCUT2D eigenvalue weighted by molar-refractivity contribution is 0.415. The van der Waals surface area contributed by atoms with Crippen molar-refractivity contribution in [3.63, 3.8) is 0 Å². The number of hydrogen-bond donors (Lipinski definition) is 2. The van der Waals surface area contributed by atoms with Crippen LogP contribution in [0.4, 0.5) is 22.7 Å². The molecule has 0 bridgehead atoms. The number of para-hydroxylation sites is 1. The number of ether oxygens (including phenoxy) is 1. The molecule has 3 aromatic rings. The average Bonchev–Trinajstić information content (AvgIpc) is 2.83. The quantitative estimate of drug-likeness (QED) is 0.231. The van der Waals surface area contributed by atoms with Crippen LogP contribution in [0.15, 0.2) is 96.1 Å². The maximum Gasteiger partial charge on any atom is 0.119 e. The van der Waals surface area contributed by atoms with Gasteiger partial charge < -0.3 is 15.4 Å². The molecule has 0 saturated heterocycles. The lowest BCUT2D eigenvalue weighted by atomic mass is 10.1. The molecule has 0 saturated carbocycles. The SMILES string of the molecule is C=C(C=Cc1ccccc1NC)C(C)=NN(C)c1ccc(Nc2ccc(OC)cc2)cc1. The maximum atomic E-state index is 5.20. The number of rotatable bonds is 9. The fourth-order valence-corrected chi connectivity index (χ4v) is 3.13. The van der Waals surface area contributed by atoms with Crippen LogP contribution in [-0.2, 0) is 0 Å². The van der Waals surface area contributed by atoms with E-state index in [0.717, 1.165) is 45.3 Å². The van der Waals surface area contributed by atoms with Crippen LogP contribution in [-0.4, -0.2) is 26.9 Å². The molecule has 3 rings (SSSR count). The number of anilines is 4. The minimum atomic E-state index is 0.837. The van der Waals surface area contributed by atoms with Crippen LogP contribution in [0.5, 0.6) is 5.75 Å². The van der Waals surface area contributed by atoms with Crippen LogP contribution in [0.3, 0.4) is 0 Å². The second-order valence-corrected chi connectivity index (χ2v) is 7.31. The molecule has 0 heterocycles. The third-order valence-electron chi connectivity index (χ3n) is 5.08. The Morgan fingerprint density at radius 2 is 1.59 bits per heavy atom. The zero-order chi connectivity index (χ0) is 22.9. The summed E-state index contributed by atoms with van der Waals surface area (Å²) in [6.07, 6.45) is 4.04. The molecule has 3 aromatic carbocycles. The highest BCUT2D eigenvalue weighted by Crippen LogP contribution is 2.23. The standard InChI is InChI=1S/C27H30N4O/c1-20(10-11-22-8-6-7-9-27(22)28-3)21(2)30-31(4)25-16-12-23(13-17-25)29-24-14-18-26(32-5)19-15-24/h6-19,28-29H,1H2,2-5H3. The van der Waals surface area contributed by atoms with Gasteiger partial charge in [-0.3, -0.25) is 5.01 Å². The summed E-state index contributed by atoms with van der Waals surface area (Å²) in [6.45, 7) is 6.13. The monoisotopic (exact) mass is 426 g/mol. The van der Waals surface area contributed by atoms with Gasteiger partial charge in [-0.05, 0) is 72.7 Å². The van der Waals surface area contributed by atoms with Gasteiger partial charge in [0.05, 0.1) is 18.5 Å². The van der Waals surface area contributed by atoms with Crippen LogP contribution in [0.1, 0.15) is 12.5 Å². The molecular weight excluding hydrogens is 396 g/mol. The molecule has 0 aliphatic carbocycles. The third kappa shape index (κ3) is 6.01. The van der Waals surface area contributed by atoms with Crippen molar-refractivity contribution in [1.29, 1.82) is 0 Å². The van der Waals surface area contributed by atoms with Crippen molar-refractivity contribution >= 4 is 34.5 Å². The number of nitrogens with one attached hydrogen (secondary N) is 2. The molecule has 2 N–H and O–H groups in total. The van der Waals surface area contributed by atoms with E-state index in [9.17, 15) is 0 Å². The van der Waals surface area contributed by atoms with Gasteiger partial charge in [-0.25, -0.2) is 0 Å². The number of nitrogens with zero attached hydrogens (tertiary/aromatic N) is 2. The first-order valence-electron chi connectivity index (χ1n) is 10.4. The van der Waals surface area contributed by atoms with Gasteiger partial charge in [0.1, 0.15) is 5.75 Å². The molecule has 5 nitrogen and oxygen atoms in total. The van der Waals surface area contributed by atoms with Crippen LogP contribution in [0.2, 0.25) is 0 Å². The molecule has 0 atom stereocenters. The molecular formula is C27H30N4O. The van der Waals surface area contributed by atoms with Gasteiger partial charge >= 0.3 is 0 Å². The Morgan fingerprint density at radius 3 is 2.22 bits per heavy atom. The summed E-state index contributed by atoms with van der Waals surface area (Å²) < 4.78 is 5.20. The van der Waals surface area contributed by atoms with Gasteiger partial charge in [0.15, 0.2) is 0 Å². The molecule has 0 spiro atoms. The summed E-state index contributed by atoms with van der Waals surface area (Å²) in [7, 11) is 5.51. The molecule has 0 amide bonds. The van der Waals surface area contributed by atoms with E-state index in [1.807, 2.05) is 105 Å². The minimum absolute atomic E-state index is 0.837. The van der Waals surface area contributed by atoms with E-state index in [0.29, 0.717) is 0 Å². The van der Waals surface area contributed by atoms with Gasteiger partial charge in [-0.1, -0.05) is 36.9 Å². The number of hydrazone groups is 1. The Labute approximate surface area is 190 Å². The molecule has 5 heteroatoms. The van der Waals surface area contributed by atoms with E-state index < -0.39 is 0 Å². The van der Waals surface area contributed by atoms with E-state index in [4.69, 9.17) is 4.74 Å². The maximum absolute atomic E-state index is 5.20. The Balaban J connectivity index is 1.63. The van der Waals surface area contributed by atoms with E-state index in [1.165, 1.54) is 0 Å². The van der Waals surface area contributed by atoms with Crippen molar-refractivity contribution in [2.24, 2.45) is 5.10 Å². The summed E-state index contributed by atoms with van der Waals surface area (Å²) in [5, 5.41) is 13.1. The van der Waals surface area contributed by atoms with Crippen molar-refractivity contribution in [2.75, 3.05) is 36.8 Å². The summed E-state index contributed by atoms with van der Waals surface area (Å²) in [5.41, 5.74) is 6.89. The Hall–Kier alpha value is -3.99. The summed E-state index contributed by atoms with van der Waals surface area (Å²) in [4.78, 5) is 0. The molecule has 0 radical (unpaired) electrons. The molecule has 0 unspecified atom stereocenters. The third-order valence-corrected chi connectivity index (χ3v) is 5.08. The minimum Gasteiger partial charge on any atom is -0.497 e.